The van der Waals surface area contributed by atoms with Gasteiger partial charge in [-0.05, 0) is 52.8 Å². The number of allylic oxidation sites excluding steroid dienone is 2. The Hall–Kier alpha value is -0.760. The van der Waals surface area contributed by atoms with Gasteiger partial charge in [0.2, 0.25) is 0 Å². The van der Waals surface area contributed by atoms with Crippen LogP contribution >= 0.6 is 15.9 Å². The van der Waals surface area contributed by atoms with Crippen LogP contribution in [0.5, 0.6) is 5.75 Å². The van der Waals surface area contributed by atoms with Crippen molar-refractivity contribution in [2.45, 2.75) is 44.9 Å². The van der Waals surface area contributed by atoms with Crippen molar-refractivity contribution in [3.63, 3.8) is 0 Å². The molecule has 0 amide bonds. The zero-order valence-electron chi connectivity index (χ0n) is 11.4. The maximum Gasteiger partial charge on any atom is 0.115 e. The minimum atomic E-state index is 0.355. The maximum atomic E-state index is 9.46. The van der Waals surface area contributed by atoms with Crippen LogP contribution in [0.2, 0.25) is 0 Å². The minimum Gasteiger partial charge on any atom is -0.508 e. The van der Waals surface area contributed by atoms with Crippen molar-refractivity contribution in [1.29, 1.82) is 0 Å². The summed E-state index contributed by atoms with van der Waals surface area (Å²) < 4.78 is 1.36. The van der Waals surface area contributed by atoms with E-state index in [0.29, 0.717) is 17.1 Å². The highest BCUT2D eigenvalue weighted by Gasteiger charge is 2.49. The fraction of sp³-hybridized carbons (Fsp3) is 0.529. The van der Waals surface area contributed by atoms with Gasteiger partial charge in [-0.2, -0.15) is 0 Å². The van der Waals surface area contributed by atoms with E-state index in [1.54, 1.807) is 0 Å². The molecular weight excluding hydrogens is 300 g/mol. The molecule has 1 aromatic carbocycles. The number of aromatic hydroxyl groups is 1. The van der Waals surface area contributed by atoms with Crippen LogP contribution in [0.25, 0.3) is 0 Å². The first-order valence-electron chi connectivity index (χ1n) is 7.33. The molecule has 2 heteroatoms. The monoisotopic (exact) mass is 320 g/mol. The summed E-state index contributed by atoms with van der Waals surface area (Å²) in [6.07, 6.45) is 9.10. The third kappa shape index (κ3) is 2.14. The topological polar surface area (TPSA) is 20.2 Å². The van der Waals surface area contributed by atoms with Crippen LogP contribution in [0.3, 0.4) is 0 Å². The summed E-state index contributed by atoms with van der Waals surface area (Å²) >= 11 is 3.82. The Morgan fingerprint density at radius 1 is 1.32 bits per heavy atom. The standard InChI is InChI=1S/C17H21BrO/c1-2-9-17-10-3-4-14(17)16(15(18)11-17)12-5-7-13(19)8-6-12/h5-8,11,14,16,19H,2-4,9-10H2,1H3. The first-order chi connectivity index (χ1) is 9.16. The zero-order valence-corrected chi connectivity index (χ0v) is 13.0. The number of phenols is 1. The highest BCUT2D eigenvalue weighted by Crippen LogP contribution is 2.62. The second-order valence-corrected chi connectivity index (χ2v) is 7.00. The summed E-state index contributed by atoms with van der Waals surface area (Å²) in [7, 11) is 0. The van der Waals surface area contributed by atoms with E-state index in [1.807, 2.05) is 12.1 Å². The van der Waals surface area contributed by atoms with Crippen LogP contribution in [-0.2, 0) is 0 Å². The second-order valence-electron chi connectivity index (χ2n) is 6.08. The smallest absolute Gasteiger partial charge is 0.115 e. The van der Waals surface area contributed by atoms with E-state index in [9.17, 15) is 5.11 Å². The Bertz CT molecular complexity index is 490. The molecule has 0 heterocycles. The lowest BCUT2D eigenvalue weighted by atomic mass is 9.73. The molecule has 0 aromatic heterocycles. The van der Waals surface area contributed by atoms with Gasteiger partial charge in [0.25, 0.3) is 0 Å². The molecule has 3 unspecified atom stereocenters. The third-order valence-corrected chi connectivity index (χ3v) is 5.71. The predicted octanol–water partition coefficient (Wildman–Crippen LogP) is 5.35. The number of hydrogen-bond donors (Lipinski definition) is 1. The summed E-state index contributed by atoms with van der Waals surface area (Å²) in [5.41, 5.74) is 1.77. The Morgan fingerprint density at radius 2 is 2.05 bits per heavy atom. The predicted molar refractivity (Wildman–Crippen MR) is 82.5 cm³/mol. The highest BCUT2D eigenvalue weighted by atomic mass is 79.9. The van der Waals surface area contributed by atoms with Crippen molar-refractivity contribution in [3.8, 4) is 5.75 Å². The number of benzene rings is 1. The van der Waals surface area contributed by atoms with E-state index in [4.69, 9.17) is 0 Å². The lowest BCUT2D eigenvalue weighted by Crippen LogP contribution is -2.22. The van der Waals surface area contributed by atoms with Crippen molar-refractivity contribution in [3.05, 3.63) is 40.4 Å². The van der Waals surface area contributed by atoms with Crippen molar-refractivity contribution >= 4 is 15.9 Å². The first-order valence-corrected chi connectivity index (χ1v) is 8.13. The van der Waals surface area contributed by atoms with Gasteiger partial charge in [-0.1, -0.05) is 53.9 Å². The van der Waals surface area contributed by atoms with Gasteiger partial charge in [0.05, 0.1) is 0 Å². The number of halogens is 1. The van der Waals surface area contributed by atoms with Crippen molar-refractivity contribution in [2.24, 2.45) is 11.3 Å². The zero-order chi connectivity index (χ0) is 13.5. The number of phenolic OH excluding ortho intramolecular Hbond substituents is 1. The van der Waals surface area contributed by atoms with E-state index >= 15 is 0 Å². The van der Waals surface area contributed by atoms with Gasteiger partial charge in [0.1, 0.15) is 5.75 Å². The fourth-order valence-corrected chi connectivity index (χ4v) is 5.32. The maximum absolute atomic E-state index is 9.46. The summed E-state index contributed by atoms with van der Waals surface area (Å²) in [6.45, 7) is 2.29. The minimum absolute atomic E-state index is 0.355. The molecular formula is C17H21BrO. The molecule has 1 fully saturated rings. The molecule has 0 aliphatic heterocycles. The van der Waals surface area contributed by atoms with Crippen LogP contribution in [0.4, 0.5) is 0 Å². The summed E-state index contributed by atoms with van der Waals surface area (Å²) in [4.78, 5) is 0. The molecule has 1 saturated carbocycles. The quantitative estimate of drug-likeness (QED) is 0.795. The lowest BCUT2D eigenvalue weighted by molar-refractivity contribution is 0.256. The van der Waals surface area contributed by atoms with Crippen LogP contribution in [-0.4, -0.2) is 5.11 Å². The van der Waals surface area contributed by atoms with Crippen molar-refractivity contribution in [1.82, 2.24) is 0 Å². The van der Waals surface area contributed by atoms with Gasteiger partial charge in [0, 0.05) is 5.92 Å². The molecule has 102 valence electrons. The van der Waals surface area contributed by atoms with Crippen molar-refractivity contribution < 1.29 is 5.11 Å². The molecule has 1 aromatic rings. The SMILES string of the molecule is CCCC12C=C(Br)C(c3ccc(O)cc3)C1CCC2. The van der Waals surface area contributed by atoms with Gasteiger partial charge in [0.15, 0.2) is 0 Å². The molecule has 19 heavy (non-hydrogen) atoms. The first kappa shape index (κ1) is 13.2. The average Bonchev–Trinajstić information content (AvgIpc) is 2.86. The van der Waals surface area contributed by atoms with E-state index in [0.717, 1.165) is 5.92 Å². The Morgan fingerprint density at radius 3 is 2.74 bits per heavy atom. The van der Waals surface area contributed by atoms with Gasteiger partial charge in [-0.3, -0.25) is 0 Å². The molecule has 1 nitrogen and oxygen atoms in total. The highest BCUT2D eigenvalue weighted by molar-refractivity contribution is 9.11. The van der Waals surface area contributed by atoms with Gasteiger partial charge < -0.3 is 5.11 Å². The Labute approximate surface area is 123 Å². The molecule has 3 rings (SSSR count). The molecule has 2 aliphatic carbocycles. The Balaban J connectivity index is 1.95. The number of fused-ring (bicyclic) bond motifs is 1. The van der Waals surface area contributed by atoms with Crippen LogP contribution in [0.1, 0.15) is 50.5 Å². The van der Waals surface area contributed by atoms with Crippen LogP contribution < -0.4 is 0 Å². The van der Waals surface area contributed by atoms with E-state index < -0.39 is 0 Å². The van der Waals surface area contributed by atoms with Gasteiger partial charge >= 0.3 is 0 Å². The normalized spacial score (nSPS) is 33.3. The molecule has 0 spiro atoms. The molecule has 2 aliphatic rings. The second kappa shape index (κ2) is 4.97. The summed E-state index contributed by atoms with van der Waals surface area (Å²) in [6, 6.07) is 7.78. The van der Waals surface area contributed by atoms with Crippen LogP contribution in [0.15, 0.2) is 34.8 Å². The number of hydrogen-bond acceptors (Lipinski definition) is 1. The Kier molecular flexibility index (Phi) is 3.46. The van der Waals surface area contributed by atoms with Crippen LogP contribution in [0, 0.1) is 11.3 Å². The lowest BCUT2D eigenvalue weighted by Gasteiger charge is -2.31. The molecule has 3 atom stereocenters. The molecule has 0 bridgehead atoms. The van der Waals surface area contributed by atoms with E-state index in [-0.39, 0.29) is 0 Å². The van der Waals surface area contributed by atoms with E-state index in [1.165, 1.54) is 42.1 Å². The van der Waals surface area contributed by atoms with E-state index in [2.05, 4.69) is 41.1 Å². The third-order valence-electron chi connectivity index (χ3n) is 4.99. The summed E-state index contributed by atoms with van der Waals surface area (Å²) in [5, 5.41) is 9.46. The largest absolute Gasteiger partial charge is 0.508 e. The van der Waals surface area contributed by atoms with Gasteiger partial charge in [-0.15, -0.1) is 0 Å². The fourth-order valence-electron chi connectivity index (χ4n) is 4.28. The molecule has 0 radical (unpaired) electrons. The molecule has 0 saturated heterocycles. The van der Waals surface area contributed by atoms with Crippen molar-refractivity contribution in [2.75, 3.05) is 0 Å². The molecule has 1 N–H and O–H groups in total. The average molecular weight is 321 g/mol. The number of rotatable bonds is 3. The summed E-state index contributed by atoms with van der Waals surface area (Å²) in [5.74, 6) is 1.59. The van der Waals surface area contributed by atoms with Gasteiger partial charge in [-0.25, -0.2) is 0 Å².